The van der Waals surface area contributed by atoms with E-state index in [2.05, 4.69) is 10.7 Å². The molecule has 0 spiro atoms. The molecule has 0 aliphatic heterocycles. The van der Waals surface area contributed by atoms with Crippen LogP contribution in [-0.4, -0.2) is 21.5 Å². The molecule has 0 aliphatic carbocycles. The van der Waals surface area contributed by atoms with Gasteiger partial charge in [0.1, 0.15) is 0 Å². The molecule has 38 valence electrons. The van der Waals surface area contributed by atoms with Crippen LogP contribution in [0.1, 0.15) is 0 Å². The van der Waals surface area contributed by atoms with Gasteiger partial charge in [0.25, 0.3) is 0 Å². The molecule has 0 heterocycles. The highest BCUT2D eigenvalue weighted by Gasteiger charge is 2.15. The predicted molar refractivity (Wildman–Crippen MR) is 14.7 cm³/mol. The maximum Gasteiger partial charge on any atom is 0.421 e. The predicted octanol–water partition coefficient (Wildman–Crippen LogP) is -2.54. The average molecular weight is 95.1 g/mol. The molecular weight excluding hydrogens is 90.0 g/mol. The Morgan fingerprint density at radius 3 is 1.50 bits per heavy atom. The molecule has 0 fully saturated rings. The molecule has 0 saturated heterocycles. The standard InChI is InChI=1S/CH5NO4/c2-6-1(3,4)5/h3-5H,2H2. The van der Waals surface area contributed by atoms with Gasteiger partial charge in [0.2, 0.25) is 0 Å². The van der Waals surface area contributed by atoms with E-state index in [4.69, 9.17) is 15.3 Å². The van der Waals surface area contributed by atoms with E-state index in [1.807, 2.05) is 0 Å². The lowest BCUT2D eigenvalue weighted by molar-refractivity contribution is -0.457. The molecule has 0 amide bonds. The summed E-state index contributed by atoms with van der Waals surface area (Å²) >= 11 is 0. The van der Waals surface area contributed by atoms with Gasteiger partial charge in [-0.05, 0) is 0 Å². The first-order valence-corrected chi connectivity index (χ1v) is 1.11. The zero-order valence-corrected chi connectivity index (χ0v) is 2.83. The summed E-state index contributed by atoms with van der Waals surface area (Å²) in [4.78, 5) is 3.10. The molecule has 0 radical (unpaired) electrons. The Kier molecular flexibility index (Phi) is 1.45. The van der Waals surface area contributed by atoms with Crippen LogP contribution in [-0.2, 0) is 4.84 Å². The van der Waals surface area contributed by atoms with Crippen LogP contribution in [0.5, 0.6) is 0 Å². The number of hydrogen-bond donors (Lipinski definition) is 4. The lowest BCUT2D eigenvalue weighted by Gasteiger charge is -2.06. The van der Waals surface area contributed by atoms with E-state index in [9.17, 15) is 0 Å². The fraction of sp³-hybridized carbons (Fsp3) is 1.00. The second-order valence-corrected chi connectivity index (χ2v) is 0.692. The number of nitrogens with two attached hydrogens (primary N) is 1. The summed E-state index contributed by atoms with van der Waals surface area (Å²) in [5, 5.41) is 22.8. The SMILES string of the molecule is NOC(O)(O)O. The Morgan fingerprint density at radius 2 is 1.50 bits per heavy atom. The molecule has 0 bridgehead atoms. The minimum Gasteiger partial charge on any atom is -0.318 e. The Morgan fingerprint density at radius 1 is 1.33 bits per heavy atom. The molecule has 0 rings (SSSR count). The molecule has 0 aliphatic rings. The molecule has 6 heavy (non-hydrogen) atoms. The maximum absolute atomic E-state index is 7.59. The van der Waals surface area contributed by atoms with Gasteiger partial charge in [0.05, 0.1) is 0 Å². The van der Waals surface area contributed by atoms with Gasteiger partial charge in [-0.15, -0.1) is 0 Å². The van der Waals surface area contributed by atoms with Crippen LogP contribution in [0.25, 0.3) is 0 Å². The lowest BCUT2D eigenvalue weighted by Crippen LogP contribution is -2.33. The van der Waals surface area contributed by atoms with Crippen molar-refractivity contribution in [1.82, 2.24) is 0 Å². The van der Waals surface area contributed by atoms with Crippen LogP contribution in [0.3, 0.4) is 0 Å². The van der Waals surface area contributed by atoms with Gasteiger partial charge in [-0.3, -0.25) is 0 Å². The van der Waals surface area contributed by atoms with Gasteiger partial charge >= 0.3 is 6.16 Å². The van der Waals surface area contributed by atoms with Crippen LogP contribution in [0.4, 0.5) is 0 Å². The van der Waals surface area contributed by atoms with E-state index in [1.165, 1.54) is 0 Å². The summed E-state index contributed by atoms with van der Waals surface area (Å²) in [7, 11) is 0. The minimum absolute atomic E-state index is 3.10. The topological polar surface area (TPSA) is 95.9 Å². The number of hydrogen-bond acceptors (Lipinski definition) is 5. The fourth-order valence-electron chi connectivity index (χ4n) is 0. The van der Waals surface area contributed by atoms with Crippen molar-refractivity contribution in [2.45, 2.75) is 6.16 Å². The highest BCUT2D eigenvalue weighted by molar-refractivity contribution is 4.07. The molecular formula is CH5NO4. The number of rotatable bonds is 1. The lowest BCUT2D eigenvalue weighted by atomic mass is 11.2. The van der Waals surface area contributed by atoms with Crippen LogP contribution in [0.2, 0.25) is 0 Å². The van der Waals surface area contributed by atoms with Crippen LogP contribution in [0, 0.1) is 0 Å². The molecule has 5 nitrogen and oxygen atoms in total. The van der Waals surface area contributed by atoms with Crippen molar-refractivity contribution in [2.24, 2.45) is 5.90 Å². The van der Waals surface area contributed by atoms with Crippen LogP contribution < -0.4 is 5.90 Å². The normalized spacial score (nSPS) is 12.0. The van der Waals surface area contributed by atoms with E-state index < -0.39 is 6.16 Å². The average Bonchev–Trinajstić information content (AvgIpc) is 1.35. The highest BCUT2D eigenvalue weighted by Crippen LogP contribution is 1.84. The summed E-state index contributed by atoms with van der Waals surface area (Å²) < 4.78 is 0. The molecule has 5 N–H and O–H groups in total. The third-order valence-electron chi connectivity index (χ3n) is 0.158. The second-order valence-electron chi connectivity index (χ2n) is 0.692. The third kappa shape index (κ3) is 3.80. The summed E-state index contributed by atoms with van der Waals surface area (Å²) in [5.74, 6) is 4.06. The summed E-state index contributed by atoms with van der Waals surface area (Å²) in [6.45, 7) is 0. The molecule has 0 aromatic heterocycles. The van der Waals surface area contributed by atoms with Crippen molar-refractivity contribution in [3.63, 3.8) is 0 Å². The molecule has 0 atom stereocenters. The van der Waals surface area contributed by atoms with E-state index in [1.54, 1.807) is 0 Å². The first kappa shape index (κ1) is 5.80. The number of aliphatic hydroxyl groups is 3. The second kappa shape index (κ2) is 1.50. The van der Waals surface area contributed by atoms with Crippen molar-refractivity contribution >= 4 is 0 Å². The summed E-state index contributed by atoms with van der Waals surface area (Å²) in [5.41, 5.74) is 0. The van der Waals surface area contributed by atoms with Gasteiger partial charge in [0, 0.05) is 0 Å². The van der Waals surface area contributed by atoms with E-state index in [0.717, 1.165) is 0 Å². The molecule has 0 aromatic carbocycles. The van der Waals surface area contributed by atoms with Gasteiger partial charge in [0.15, 0.2) is 0 Å². The molecule has 0 aromatic rings. The Labute approximate surface area is 33.5 Å². The van der Waals surface area contributed by atoms with E-state index in [-0.39, 0.29) is 0 Å². The maximum atomic E-state index is 7.59. The zero-order chi connectivity index (χ0) is 5.21. The van der Waals surface area contributed by atoms with Crippen molar-refractivity contribution in [3.05, 3.63) is 0 Å². The van der Waals surface area contributed by atoms with Crippen molar-refractivity contribution in [1.29, 1.82) is 0 Å². The smallest absolute Gasteiger partial charge is 0.318 e. The van der Waals surface area contributed by atoms with Crippen molar-refractivity contribution in [2.75, 3.05) is 0 Å². The monoisotopic (exact) mass is 95.0 g/mol. The van der Waals surface area contributed by atoms with Gasteiger partial charge in [-0.25, -0.2) is 10.7 Å². The van der Waals surface area contributed by atoms with Crippen molar-refractivity contribution in [3.8, 4) is 0 Å². The Balaban J connectivity index is 3.17. The fourth-order valence-corrected chi connectivity index (χ4v) is 0. The molecule has 5 heteroatoms. The first-order chi connectivity index (χ1) is 2.56. The van der Waals surface area contributed by atoms with Gasteiger partial charge < -0.3 is 15.3 Å². The van der Waals surface area contributed by atoms with Gasteiger partial charge in [-0.2, -0.15) is 0 Å². The summed E-state index contributed by atoms with van der Waals surface area (Å²) in [6.07, 6.45) is -3.18. The quantitative estimate of drug-likeness (QED) is 0.212. The Bertz CT molecular complexity index is 37.3. The van der Waals surface area contributed by atoms with E-state index in [0.29, 0.717) is 0 Å². The Hall–Kier alpha value is -0.200. The van der Waals surface area contributed by atoms with Gasteiger partial charge in [-0.1, -0.05) is 0 Å². The third-order valence-corrected chi connectivity index (χ3v) is 0.158. The molecule has 0 unspecified atom stereocenters. The van der Waals surface area contributed by atoms with Crippen LogP contribution >= 0.6 is 0 Å². The molecule has 0 saturated carbocycles. The largest absolute Gasteiger partial charge is 0.421 e. The summed E-state index contributed by atoms with van der Waals surface area (Å²) in [6, 6.07) is 0. The minimum atomic E-state index is -3.18. The van der Waals surface area contributed by atoms with E-state index >= 15 is 0 Å². The zero-order valence-electron chi connectivity index (χ0n) is 2.83. The van der Waals surface area contributed by atoms with Crippen molar-refractivity contribution < 1.29 is 20.2 Å². The van der Waals surface area contributed by atoms with Crippen LogP contribution in [0.15, 0.2) is 0 Å². The first-order valence-electron chi connectivity index (χ1n) is 1.11. The highest BCUT2D eigenvalue weighted by atomic mass is 16.9.